The quantitative estimate of drug-likeness (QED) is 0.125. The molecule has 0 bridgehead atoms. The molecule has 0 saturated heterocycles. The molecule has 47 heavy (non-hydrogen) atoms. The summed E-state index contributed by atoms with van der Waals surface area (Å²) in [4.78, 5) is 0. The van der Waals surface area contributed by atoms with Gasteiger partial charge in [0.15, 0.2) is 11.9 Å². The van der Waals surface area contributed by atoms with Crippen LogP contribution in [0.2, 0.25) is 0 Å². The first-order valence-electron chi connectivity index (χ1n) is 16.3. The van der Waals surface area contributed by atoms with E-state index in [0.29, 0.717) is 19.8 Å². The van der Waals surface area contributed by atoms with Crippen LogP contribution in [0.25, 0.3) is 43.1 Å². The molecule has 0 saturated carbocycles. The molecule has 0 aliphatic carbocycles. The smallest absolute Gasteiger partial charge is 0.192 e. The van der Waals surface area contributed by atoms with E-state index >= 15 is 0 Å². The number of hydrogen-bond acceptors (Lipinski definition) is 3. The summed E-state index contributed by atoms with van der Waals surface area (Å²) >= 11 is 0. The van der Waals surface area contributed by atoms with Crippen LogP contribution in [0.3, 0.4) is 0 Å². The van der Waals surface area contributed by atoms with E-state index < -0.39 is 0 Å². The molecule has 0 aliphatic heterocycles. The Morgan fingerprint density at radius 3 is 1.62 bits per heavy atom. The van der Waals surface area contributed by atoms with Crippen molar-refractivity contribution in [1.29, 1.82) is 0 Å². The Morgan fingerprint density at radius 1 is 0.574 bits per heavy atom. The Kier molecular flexibility index (Phi) is 7.92. The minimum Gasteiger partial charge on any atom is -0.368 e. The summed E-state index contributed by atoms with van der Waals surface area (Å²) in [6.45, 7) is 3.36. The highest BCUT2D eigenvalue weighted by Gasteiger charge is 2.16. The van der Waals surface area contributed by atoms with Gasteiger partial charge in [0.25, 0.3) is 0 Å². The van der Waals surface area contributed by atoms with Crippen molar-refractivity contribution in [2.45, 2.75) is 32.8 Å². The number of nitrogens with one attached hydrogen (secondary N) is 1. The third-order valence-corrected chi connectivity index (χ3v) is 9.22. The second kappa shape index (κ2) is 12.8. The predicted octanol–water partition coefficient (Wildman–Crippen LogP) is 8.38. The molecule has 0 amide bonds. The van der Waals surface area contributed by atoms with Gasteiger partial charge in [-0.05, 0) is 71.9 Å². The van der Waals surface area contributed by atoms with Gasteiger partial charge in [-0.2, -0.15) is 0 Å². The molecule has 0 unspecified atom stereocenters. The van der Waals surface area contributed by atoms with Gasteiger partial charge in [-0.25, -0.2) is 0 Å². The fourth-order valence-electron chi connectivity index (χ4n) is 6.82. The van der Waals surface area contributed by atoms with Crippen molar-refractivity contribution in [3.05, 3.63) is 168 Å². The molecule has 0 spiro atoms. The van der Waals surface area contributed by atoms with Crippen LogP contribution in [-0.4, -0.2) is 9.90 Å². The Labute approximate surface area is 274 Å². The average Bonchev–Trinajstić information content (AvgIpc) is 3.46. The van der Waals surface area contributed by atoms with Gasteiger partial charge in [-0.3, -0.25) is 0 Å². The van der Waals surface area contributed by atoms with Crippen molar-refractivity contribution in [3.63, 3.8) is 0 Å². The zero-order valence-electron chi connectivity index (χ0n) is 26.6. The summed E-state index contributed by atoms with van der Waals surface area (Å²) in [5.41, 5.74) is 6.09. The number of aryl methyl sites for hydroxylation is 1. The lowest BCUT2D eigenvalue weighted by Gasteiger charge is -2.13. The Balaban J connectivity index is 0.893. The van der Waals surface area contributed by atoms with Crippen LogP contribution in [0, 0.1) is 0 Å². The summed E-state index contributed by atoms with van der Waals surface area (Å²) in [6, 6.07) is 47.8. The summed E-state index contributed by atoms with van der Waals surface area (Å²) < 4.78 is 10.1. The van der Waals surface area contributed by atoms with Crippen molar-refractivity contribution in [3.8, 4) is 0 Å². The summed E-state index contributed by atoms with van der Waals surface area (Å²) in [6.07, 6.45) is 2.10. The number of nitrogens with zero attached hydrogens (tertiary/aromatic N) is 3. The maximum Gasteiger partial charge on any atom is 0.192 e. The molecule has 0 aliphatic rings. The molecule has 5 heteroatoms. The lowest BCUT2D eigenvalue weighted by Crippen LogP contribution is -2.36. The highest BCUT2D eigenvalue weighted by atomic mass is 16.5. The van der Waals surface area contributed by atoms with Gasteiger partial charge in [0.1, 0.15) is 20.2 Å². The maximum absolute atomic E-state index is 6.16. The number of aromatic nitrogens is 3. The molecule has 8 aromatic rings. The van der Waals surface area contributed by atoms with Crippen LogP contribution >= 0.6 is 0 Å². The lowest BCUT2D eigenvalue weighted by atomic mass is 9.96. The summed E-state index contributed by atoms with van der Waals surface area (Å²) in [5.74, 6) is 0. The lowest BCUT2D eigenvalue weighted by molar-refractivity contribution is -0.747. The standard InChI is InChI=1S/C42H37N4O/c1-45-36(26-46(44-45)27-42-39-16-8-4-12-34(39)23-35-13-5-9-17-40(35)42)29-47-28-31-20-18-30(19-21-31)24-43-25-41-37-14-6-2-10-32(37)22-33-11-3-7-15-38(33)41/h2-23,26,43H,24-25,27-29H2,1H3/q+1. The average molecular weight is 614 g/mol. The van der Waals surface area contributed by atoms with E-state index in [-0.39, 0.29) is 0 Å². The van der Waals surface area contributed by atoms with Crippen LogP contribution < -0.4 is 10.00 Å². The second-order valence-electron chi connectivity index (χ2n) is 12.3. The minimum absolute atomic E-state index is 0.495. The Morgan fingerprint density at radius 2 is 1.06 bits per heavy atom. The highest BCUT2D eigenvalue weighted by molar-refractivity contribution is 6.03. The molecule has 8 rings (SSSR count). The zero-order valence-corrected chi connectivity index (χ0v) is 26.6. The van der Waals surface area contributed by atoms with Gasteiger partial charge in [0.2, 0.25) is 0 Å². The Bertz CT molecular complexity index is 2250. The molecule has 7 aromatic carbocycles. The minimum atomic E-state index is 0.495. The van der Waals surface area contributed by atoms with E-state index in [0.717, 1.165) is 24.3 Å². The van der Waals surface area contributed by atoms with E-state index in [1.807, 2.05) is 16.4 Å². The Hall–Kier alpha value is -5.36. The molecule has 1 N–H and O–H groups in total. The number of hydrogen-bond donors (Lipinski definition) is 1. The third kappa shape index (κ3) is 5.99. The number of ether oxygens (including phenoxy) is 1. The topological polar surface area (TPSA) is 43.0 Å². The van der Waals surface area contributed by atoms with Crippen molar-refractivity contribution < 1.29 is 9.42 Å². The molecule has 230 valence electrons. The van der Waals surface area contributed by atoms with Crippen LogP contribution in [0.15, 0.2) is 140 Å². The second-order valence-corrected chi connectivity index (χ2v) is 12.3. The van der Waals surface area contributed by atoms with Gasteiger partial charge in [-0.15, -0.1) is 9.36 Å². The van der Waals surface area contributed by atoms with Crippen LogP contribution in [0.4, 0.5) is 0 Å². The van der Waals surface area contributed by atoms with Crippen molar-refractivity contribution in [1.82, 2.24) is 15.2 Å². The SMILES string of the molecule is Cn1n[n+](Cc2c3ccccc3cc3ccccc23)cc1COCc1ccc(CNCc2c3ccccc3cc3ccccc23)cc1. The monoisotopic (exact) mass is 613 g/mol. The molecule has 0 radical (unpaired) electrons. The van der Waals surface area contributed by atoms with E-state index in [9.17, 15) is 0 Å². The predicted molar refractivity (Wildman–Crippen MR) is 191 cm³/mol. The fraction of sp³-hybridized carbons (Fsp3) is 0.143. The number of fused-ring (bicyclic) bond motifs is 4. The zero-order chi connectivity index (χ0) is 31.6. The van der Waals surface area contributed by atoms with Gasteiger partial charge in [-0.1, -0.05) is 121 Å². The van der Waals surface area contributed by atoms with Gasteiger partial charge in [0, 0.05) is 18.7 Å². The van der Waals surface area contributed by atoms with Crippen LogP contribution in [-0.2, 0) is 44.6 Å². The van der Waals surface area contributed by atoms with E-state index in [1.54, 1.807) is 0 Å². The largest absolute Gasteiger partial charge is 0.368 e. The van der Waals surface area contributed by atoms with Crippen molar-refractivity contribution in [2.75, 3.05) is 0 Å². The molecule has 5 nitrogen and oxygen atoms in total. The van der Waals surface area contributed by atoms with E-state index in [2.05, 4.69) is 145 Å². The molecular weight excluding hydrogens is 576 g/mol. The first-order chi connectivity index (χ1) is 23.2. The first kappa shape index (κ1) is 29.1. The number of rotatable bonds is 10. The van der Waals surface area contributed by atoms with E-state index in [4.69, 9.17) is 9.95 Å². The van der Waals surface area contributed by atoms with Crippen LogP contribution in [0.5, 0.6) is 0 Å². The molecule has 1 heterocycles. The summed E-state index contributed by atoms with van der Waals surface area (Å²) in [5, 5.41) is 18.7. The molecular formula is C42H37N4O+. The van der Waals surface area contributed by atoms with Gasteiger partial charge >= 0.3 is 0 Å². The molecule has 0 atom stereocenters. The third-order valence-electron chi connectivity index (χ3n) is 9.22. The van der Waals surface area contributed by atoms with Crippen molar-refractivity contribution >= 4 is 43.1 Å². The van der Waals surface area contributed by atoms with Crippen LogP contribution in [0.1, 0.15) is 27.9 Å². The van der Waals surface area contributed by atoms with E-state index in [1.165, 1.54) is 59.8 Å². The first-order valence-corrected chi connectivity index (χ1v) is 16.3. The van der Waals surface area contributed by atoms with Gasteiger partial charge < -0.3 is 10.1 Å². The van der Waals surface area contributed by atoms with Crippen molar-refractivity contribution in [2.24, 2.45) is 7.05 Å². The normalized spacial score (nSPS) is 11.7. The maximum atomic E-state index is 6.16. The number of benzene rings is 7. The summed E-state index contributed by atoms with van der Waals surface area (Å²) in [7, 11) is 1.99. The van der Waals surface area contributed by atoms with Gasteiger partial charge in [0.05, 0.1) is 11.8 Å². The molecule has 1 aromatic heterocycles. The molecule has 0 fully saturated rings. The highest BCUT2D eigenvalue weighted by Crippen LogP contribution is 2.29. The fourth-order valence-corrected chi connectivity index (χ4v) is 6.82.